The minimum Gasteiger partial charge on any atom is -0.473 e. The van der Waals surface area contributed by atoms with Crippen molar-refractivity contribution >= 4 is 5.52 Å². The zero-order valence-electron chi connectivity index (χ0n) is 12.9. The third-order valence-corrected chi connectivity index (χ3v) is 4.20. The Kier molecular flexibility index (Phi) is 3.26. The van der Waals surface area contributed by atoms with Gasteiger partial charge in [0.15, 0.2) is 11.3 Å². The van der Waals surface area contributed by atoms with Crippen molar-refractivity contribution in [2.24, 2.45) is 7.05 Å². The van der Waals surface area contributed by atoms with Gasteiger partial charge in [0.2, 0.25) is 5.88 Å². The summed E-state index contributed by atoms with van der Waals surface area (Å²) in [6, 6.07) is 0.451. The molecule has 0 amide bonds. The maximum absolute atomic E-state index is 14.0. The Morgan fingerprint density at radius 2 is 2.09 bits per heavy atom. The predicted molar refractivity (Wildman–Crippen MR) is 81.6 cm³/mol. The molecule has 23 heavy (non-hydrogen) atoms. The second-order valence-electron chi connectivity index (χ2n) is 5.82. The lowest BCUT2D eigenvalue weighted by Gasteiger charge is -2.34. The Morgan fingerprint density at radius 1 is 1.26 bits per heavy atom. The molecule has 1 saturated carbocycles. The average Bonchev–Trinajstić information content (AvgIpc) is 3.09. The van der Waals surface area contributed by atoms with Crippen LogP contribution in [-0.4, -0.2) is 43.6 Å². The van der Waals surface area contributed by atoms with E-state index in [1.807, 2.05) is 20.3 Å². The Bertz CT molecular complexity index is 851. The normalized spacial score (nSPS) is 20.7. The molecule has 0 spiro atoms. The second kappa shape index (κ2) is 5.31. The summed E-state index contributed by atoms with van der Waals surface area (Å²) in [6.07, 6.45) is 8.22. The number of ether oxygens (including phenoxy) is 1. The van der Waals surface area contributed by atoms with Gasteiger partial charge in [-0.2, -0.15) is 10.2 Å². The molecule has 0 radical (unpaired) electrons. The first-order valence-corrected chi connectivity index (χ1v) is 7.51. The first-order chi connectivity index (χ1) is 11.1. The third kappa shape index (κ3) is 2.44. The summed E-state index contributed by atoms with van der Waals surface area (Å²) in [6.45, 7) is 0. The van der Waals surface area contributed by atoms with Gasteiger partial charge in [0.25, 0.3) is 0 Å². The van der Waals surface area contributed by atoms with Crippen LogP contribution in [0.15, 0.2) is 24.8 Å². The van der Waals surface area contributed by atoms with Gasteiger partial charge >= 0.3 is 0 Å². The van der Waals surface area contributed by atoms with E-state index in [4.69, 9.17) is 4.74 Å². The lowest BCUT2D eigenvalue weighted by Crippen LogP contribution is -2.45. The summed E-state index contributed by atoms with van der Waals surface area (Å²) in [5.74, 6) is -0.157. The third-order valence-electron chi connectivity index (χ3n) is 4.20. The number of nitrogens with zero attached hydrogens (tertiary/aromatic N) is 5. The number of fused-ring (bicyclic) bond motifs is 1. The standard InChI is InChI=1S/C15H17FN6O/c1-17-10-3-11(4-10)23-15-14-12(16)6-19-22(14)8-13(20-15)9-5-18-21(2)7-9/h5-8,10-11,17H,3-4H2,1-2H3. The van der Waals surface area contributed by atoms with Crippen molar-refractivity contribution in [2.45, 2.75) is 25.0 Å². The molecule has 1 aliphatic carbocycles. The van der Waals surface area contributed by atoms with E-state index in [2.05, 4.69) is 20.5 Å². The monoisotopic (exact) mass is 316 g/mol. The van der Waals surface area contributed by atoms with Crippen LogP contribution in [0.3, 0.4) is 0 Å². The molecule has 0 atom stereocenters. The first kappa shape index (κ1) is 14.1. The number of nitrogens with one attached hydrogen (secondary N) is 1. The van der Waals surface area contributed by atoms with Gasteiger partial charge in [-0.3, -0.25) is 4.68 Å². The smallest absolute Gasteiger partial charge is 0.244 e. The van der Waals surface area contributed by atoms with Gasteiger partial charge in [-0.05, 0) is 19.9 Å². The highest BCUT2D eigenvalue weighted by atomic mass is 19.1. The van der Waals surface area contributed by atoms with Crippen molar-refractivity contribution in [3.8, 4) is 17.1 Å². The predicted octanol–water partition coefficient (Wildman–Crippen LogP) is 1.40. The number of aromatic nitrogens is 5. The molecule has 0 bridgehead atoms. The van der Waals surface area contributed by atoms with Crippen LogP contribution in [0.2, 0.25) is 0 Å². The lowest BCUT2D eigenvalue weighted by atomic mass is 9.89. The topological polar surface area (TPSA) is 69.3 Å². The van der Waals surface area contributed by atoms with Gasteiger partial charge in [0.1, 0.15) is 6.10 Å². The fraction of sp³-hybridized carbons (Fsp3) is 0.400. The molecule has 1 aliphatic rings. The second-order valence-corrected chi connectivity index (χ2v) is 5.82. The van der Waals surface area contributed by atoms with Gasteiger partial charge in [0, 0.05) is 24.8 Å². The fourth-order valence-electron chi connectivity index (χ4n) is 2.78. The minimum atomic E-state index is -0.435. The van der Waals surface area contributed by atoms with E-state index < -0.39 is 5.82 Å². The fourth-order valence-corrected chi connectivity index (χ4v) is 2.78. The molecule has 1 fully saturated rings. The zero-order valence-corrected chi connectivity index (χ0v) is 12.9. The van der Waals surface area contributed by atoms with Crippen LogP contribution in [-0.2, 0) is 7.05 Å². The highest BCUT2D eigenvalue weighted by Crippen LogP contribution is 2.30. The highest BCUT2D eigenvalue weighted by Gasteiger charge is 2.31. The number of hydrogen-bond acceptors (Lipinski definition) is 5. The van der Waals surface area contributed by atoms with Crippen LogP contribution in [0.5, 0.6) is 5.88 Å². The van der Waals surface area contributed by atoms with E-state index >= 15 is 0 Å². The van der Waals surface area contributed by atoms with Crippen molar-refractivity contribution < 1.29 is 9.13 Å². The average molecular weight is 316 g/mol. The molecule has 4 rings (SSSR count). The van der Waals surface area contributed by atoms with Crippen LogP contribution in [0.4, 0.5) is 4.39 Å². The quantitative estimate of drug-likeness (QED) is 0.788. The summed E-state index contributed by atoms with van der Waals surface area (Å²) >= 11 is 0. The lowest BCUT2D eigenvalue weighted by molar-refractivity contribution is 0.0850. The molecule has 3 heterocycles. The largest absolute Gasteiger partial charge is 0.473 e. The Morgan fingerprint density at radius 3 is 2.78 bits per heavy atom. The Labute approximate surface area is 132 Å². The van der Waals surface area contributed by atoms with Crippen LogP contribution in [0.25, 0.3) is 16.8 Å². The maximum Gasteiger partial charge on any atom is 0.244 e. The van der Waals surface area contributed by atoms with Crippen molar-refractivity contribution in [2.75, 3.05) is 7.05 Å². The number of aryl methyl sites for hydroxylation is 1. The van der Waals surface area contributed by atoms with Gasteiger partial charge in [-0.1, -0.05) is 0 Å². The Balaban J connectivity index is 1.73. The van der Waals surface area contributed by atoms with E-state index in [9.17, 15) is 4.39 Å². The molecular weight excluding hydrogens is 299 g/mol. The summed E-state index contributed by atoms with van der Waals surface area (Å²) in [5.41, 5.74) is 1.75. The Hall–Kier alpha value is -2.48. The molecule has 0 unspecified atom stereocenters. The molecule has 0 saturated heterocycles. The van der Waals surface area contributed by atoms with Gasteiger partial charge in [0.05, 0.1) is 24.3 Å². The van der Waals surface area contributed by atoms with Crippen molar-refractivity contribution in [3.05, 3.63) is 30.6 Å². The molecule has 7 nitrogen and oxygen atoms in total. The summed E-state index contributed by atoms with van der Waals surface area (Å²) in [5, 5.41) is 11.4. The molecule has 8 heteroatoms. The SMILES string of the molecule is CNC1CC(Oc2nc(-c3cnn(C)c3)cn3ncc(F)c23)C1. The molecular formula is C15H17FN6O. The maximum atomic E-state index is 14.0. The van der Waals surface area contributed by atoms with Crippen LogP contribution in [0, 0.1) is 5.82 Å². The van der Waals surface area contributed by atoms with Crippen LogP contribution in [0.1, 0.15) is 12.8 Å². The molecule has 0 aliphatic heterocycles. The van der Waals surface area contributed by atoms with Gasteiger partial charge in [-0.25, -0.2) is 13.9 Å². The zero-order chi connectivity index (χ0) is 16.0. The first-order valence-electron chi connectivity index (χ1n) is 7.51. The van der Waals surface area contributed by atoms with E-state index in [-0.39, 0.29) is 17.5 Å². The van der Waals surface area contributed by atoms with E-state index in [0.717, 1.165) is 18.4 Å². The molecule has 3 aromatic heterocycles. The van der Waals surface area contributed by atoms with E-state index in [1.165, 1.54) is 10.7 Å². The number of rotatable bonds is 4. The minimum absolute atomic E-state index is 0.0437. The van der Waals surface area contributed by atoms with Crippen molar-refractivity contribution in [1.29, 1.82) is 0 Å². The summed E-state index contributed by atoms with van der Waals surface area (Å²) < 4.78 is 23.1. The van der Waals surface area contributed by atoms with Crippen LogP contribution < -0.4 is 10.1 Å². The molecule has 120 valence electrons. The van der Waals surface area contributed by atoms with Crippen molar-refractivity contribution in [1.82, 2.24) is 29.7 Å². The summed E-state index contributed by atoms with van der Waals surface area (Å²) in [7, 11) is 3.76. The van der Waals surface area contributed by atoms with Crippen molar-refractivity contribution in [3.63, 3.8) is 0 Å². The van der Waals surface area contributed by atoms with E-state index in [1.54, 1.807) is 17.1 Å². The molecule has 1 N–H and O–H groups in total. The van der Waals surface area contributed by atoms with Gasteiger partial charge in [-0.15, -0.1) is 0 Å². The molecule has 3 aromatic rings. The molecule has 0 aromatic carbocycles. The summed E-state index contributed by atoms with van der Waals surface area (Å²) in [4.78, 5) is 4.49. The van der Waals surface area contributed by atoms with E-state index in [0.29, 0.717) is 11.7 Å². The van der Waals surface area contributed by atoms with Crippen LogP contribution >= 0.6 is 0 Å². The number of hydrogen-bond donors (Lipinski definition) is 1. The van der Waals surface area contributed by atoms with Gasteiger partial charge < -0.3 is 10.1 Å². The highest BCUT2D eigenvalue weighted by molar-refractivity contribution is 5.64. The number of halogens is 1.